The Balaban J connectivity index is 2.16. The number of aliphatic carboxylic acids is 1. The van der Waals surface area contributed by atoms with Gasteiger partial charge in [0.05, 0.1) is 0 Å². The lowest BCUT2D eigenvalue weighted by molar-refractivity contribution is -0.137. The van der Waals surface area contributed by atoms with Crippen LogP contribution in [0.4, 0.5) is 0 Å². The first-order valence-electron chi connectivity index (χ1n) is 8.04. The highest BCUT2D eigenvalue weighted by molar-refractivity contribution is 6.74. The lowest BCUT2D eigenvalue weighted by Gasteiger charge is -2.36. The highest BCUT2D eigenvalue weighted by Gasteiger charge is 2.36. The van der Waals surface area contributed by atoms with Crippen molar-refractivity contribution in [3.8, 4) is 0 Å². The van der Waals surface area contributed by atoms with Crippen LogP contribution in [0.2, 0.25) is 18.1 Å². The van der Waals surface area contributed by atoms with Gasteiger partial charge in [0, 0.05) is 23.7 Å². The first kappa shape index (κ1) is 17.8. The molecule has 0 aliphatic heterocycles. The Hall–Kier alpha value is -1.59. The van der Waals surface area contributed by atoms with Gasteiger partial charge in [0.15, 0.2) is 8.32 Å². The second-order valence-corrected chi connectivity index (χ2v) is 12.4. The van der Waals surface area contributed by atoms with E-state index in [-0.39, 0.29) is 11.6 Å². The summed E-state index contributed by atoms with van der Waals surface area (Å²) >= 11 is 0. The second kappa shape index (κ2) is 6.49. The molecule has 1 aromatic carbocycles. The van der Waals surface area contributed by atoms with Crippen molar-refractivity contribution in [3.63, 3.8) is 0 Å². The Labute approximate surface area is 139 Å². The molecule has 2 rings (SSSR count). The van der Waals surface area contributed by atoms with E-state index in [0.29, 0.717) is 6.61 Å². The summed E-state index contributed by atoms with van der Waals surface area (Å²) in [6.07, 6.45) is 2.76. The average molecular weight is 334 g/mol. The minimum Gasteiger partial charge on any atom is -0.480 e. The SMILES string of the molecule is CC(C)(C)[Si](C)(C)OCCc1cn(CC(=O)O)c2ccccc12. The maximum Gasteiger partial charge on any atom is 0.323 e. The minimum absolute atomic E-state index is 0.0103. The van der Waals surface area contributed by atoms with Crippen molar-refractivity contribution in [1.29, 1.82) is 0 Å². The summed E-state index contributed by atoms with van der Waals surface area (Å²) in [6.45, 7) is 11.9. The molecule has 0 fully saturated rings. The van der Waals surface area contributed by atoms with E-state index in [4.69, 9.17) is 9.53 Å². The predicted octanol–water partition coefficient (Wildman–Crippen LogP) is 4.29. The van der Waals surface area contributed by atoms with Crippen molar-refractivity contribution < 1.29 is 14.3 Å². The number of benzene rings is 1. The molecule has 0 unspecified atom stereocenters. The van der Waals surface area contributed by atoms with Crippen molar-refractivity contribution in [2.24, 2.45) is 0 Å². The summed E-state index contributed by atoms with van der Waals surface area (Å²) in [7, 11) is -1.75. The van der Waals surface area contributed by atoms with Gasteiger partial charge < -0.3 is 14.1 Å². The summed E-state index contributed by atoms with van der Waals surface area (Å²) in [5.41, 5.74) is 2.12. The van der Waals surface area contributed by atoms with Gasteiger partial charge in [-0.3, -0.25) is 4.79 Å². The normalized spacial score (nSPS) is 12.7. The van der Waals surface area contributed by atoms with E-state index >= 15 is 0 Å². The summed E-state index contributed by atoms with van der Waals surface area (Å²) in [5.74, 6) is -0.824. The summed E-state index contributed by atoms with van der Waals surface area (Å²) in [4.78, 5) is 11.0. The third-order valence-corrected chi connectivity index (χ3v) is 9.36. The molecule has 0 spiro atoms. The van der Waals surface area contributed by atoms with E-state index in [1.165, 1.54) is 0 Å². The van der Waals surface area contributed by atoms with Crippen molar-refractivity contribution >= 4 is 25.2 Å². The minimum atomic E-state index is -1.75. The predicted molar refractivity (Wildman–Crippen MR) is 96.4 cm³/mol. The molecule has 0 saturated heterocycles. The Bertz CT molecular complexity index is 698. The quantitative estimate of drug-likeness (QED) is 0.802. The van der Waals surface area contributed by atoms with Crippen molar-refractivity contribution in [1.82, 2.24) is 4.57 Å². The lowest BCUT2D eigenvalue weighted by Crippen LogP contribution is -2.41. The highest BCUT2D eigenvalue weighted by atomic mass is 28.4. The maximum atomic E-state index is 11.0. The smallest absolute Gasteiger partial charge is 0.323 e. The van der Waals surface area contributed by atoms with Gasteiger partial charge in [0.1, 0.15) is 6.54 Å². The first-order chi connectivity index (χ1) is 10.6. The maximum absolute atomic E-state index is 11.0. The average Bonchev–Trinajstić information content (AvgIpc) is 2.75. The van der Waals surface area contributed by atoms with E-state index in [9.17, 15) is 4.79 Å². The molecule has 0 bridgehead atoms. The summed E-state index contributed by atoms with van der Waals surface area (Å²) < 4.78 is 8.06. The molecule has 23 heavy (non-hydrogen) atoms. The van der Waals surface area contributed by atoms with Gasteiger partial charge in [-0.1, -0.05) is 39.0 Å². The Morgan fingerprint density at radius 3 is 2.52 bits per heavy atom. The van der Waals surface area contributed by atoms with Crippen LogP contribution in [0.3, 0.4) is 0 Å². The van der Waals surface area contributed by atoms with Crippen molar-refractivity contribution in [3.05, 3.63) is 36.0 Å². The Morgan fingerprint density at radius 1 is 1.26 bits per heavy atom. The zero-order valence-electron chi connectivity index (χ0n) is 14.7. The van der Waals surface area contributed by atoms with Gasteiger partial charge in [-0.05, 0) is 36.2 Å². The number of fused-ring (bicyclic) bond motifs is 1. The van der Waals surface area contributed by atoms with Gasteiger partial charge in [-0.15, -0.1) is 0 Å². The van der Waals surface area contributed by atoms with E-state index in [1.54, 1.807) is 4.57 Å². The van der Waals surface area contributed by atoms with Gasteiger partial charge in [0.25, 0.3) is 0 Å². The summed E-state index contributed by atoms with van der Waals surface area (Å²) in [5, 5.41) is 10.4. The number of nitrogens with zero attached hydrogens (tertiary/aromatic N) is 1. The molecule has 0 saturated carbocycles. The highest BCUT2D eigenvalue weighted by Crippen LogP contribution is 2.36. The number of carbonyl (C=O) groups is 1. The van der Waals surface area contributed by atoms with E-state index in [1.807, 2.05) is 24.4 Å². The standard InChI is InChI=1S/C18H27NO3Si/c1-18(2,3)23(4,5)22-11-10-14-12-19(13-17(20)21)16-9-7-6-8-15(14)16/h6-9,12H,10-11,13H2,1-5H3,(H,20,21). The van der Waals surface area contributed by atoms with Gasteiger partial charge in [-0.2, -0.15) is 0 Å². The molecular formula is C18H27NO3Si. The molecule has 0 aliphatic rings. The molecule has 1 N–H and O–H groups in total. The lowest BCUT2D eigenvalue weighted by atomic mass is 10.1. The largest absolute Gasteiger partial charge is 0.480 e. The molecule has 1 heterocycles. The monoisotopic (exact) mass is 333 g/mol. The van der Waals surface area contributed by atoms with Crippen molar-refractivity contribution in [2.75, 3.05) is 6.61 Å². The number of rotatable bonds is 6. The van der Waals surface area contributed by atoms with Crippen LogP contribution >= 0.6 is 0 Å². The van der Waals surface area contributed by atoms with Crippen LogP contribution in [0.1, 0.15) is 26.3 Å². The fourth-order valence-corrected chi connectivity index (χ4v) is 3.48. The molecule has 5 heteroatoms. The molecule has 0 radical (unpaired) electrons. The zero-order valence-corrected chi connectivity index (χ0v) is 15.7. The van der Waals surface area contributed by atoms with E-state index in [0.717, 1.165) is 22.9 Å². The van der Waals surface area contributed by atoms with Crippen molar-refractivity contribution in [2.45, 2.75) is 51.9 Å². The molecule has 0 aliphatic carbocycles. The van der Waals surface area contributed by atoms with Crippen LogP contribution in [0.5, 0.6) is 0 Å². The van der Waals surface area contributed by atoms with Crippen LogP contribution in [0.25, 0.3) is 10.9 Å². The Kier molecular flexibility index (Phi) is 5.01. The van der Waals surface area contributed by atoms with Crippen LogP contribution in [-0.2, 0) is 22.2 Å². The topological polar surface area (TPSA) is 51.5 Å². The van der Waals surface area contributed by atoms with Crippen LogP contribution in [-0.4, -0.2) is 30.6 Å². The number of carboxylic acids is 1. The fraction of sp³-hybridized carbons (Fsp3) is 0.500. The number of carboxylic acid groups (broad SMARTS) is 1. The molecule has 126 valence electrons. The number of hydrogen-bond acceptors (Lipinski definition) is 2. The third kappa shape index (κ3) is 4.03. The number of para-hydroxylation sites is 1. The zero-order chi connectivity index (χ0) is 17.3. The fourth-order valence-electron chi connectivity index (χ4n) is 2.43. The van der Waals surface area contributed by atoms with E-state index < -0.39 is 14.3 Å². The van der Waals surface area contributed by atoms with Gasteiger partial charge in [0.2, 0.25) is 0 Å². The molecule has 0 amide bonds. The third-order valence-electron chi connectivity index (χ3n) is 4.82. The molecule has 2 aromatic rings. The van der Waals surface area contributed by atoms with Crippen LogP contribution in [0, 0.1) is 0 Å². The summed E-state index contributed by atoms with van der Waals surface area (Å²) in [6, 6.07) is 7.95. The van der Waals surface area contributed by atoms with Crippen LogP contribution < -0.4 is 0 Å². The molecule has 0 atom stereocenters. The molecule has 4 nitrogen and oxygen atoms in total. The Morgan fingerprint density at radius 2 is 1.91 bits per heavy atom. The number of aromatic nitrogens is 1. The van der Waals surface area contributed by atoms with Gasteiger partial charge in [-0.25, -0.2) is 0 Å². The molecular weight excluding hydrogens is 306 g/mol. The van der Waals surface area contributed by atoms with Gasteiger partial charge >= 0.3 is 5.97 Å². The molecule has 1 aromatic heterocycles. The first-order valence-corrected chi connectivity index (χ1v) is 10.9. The van der Waals surface area contributed by atoms with Crippen LogP contribution in [0.15, 0.2) is 30.5 Å². The second-order valence-electron chi connectivity index (χ2n) is 7.55. The van der Waals surface area contributed by atoms with E-state index in [2.05, 4.69) is 39.9 Å². The number of hydrogen-bond donors (Lipinski definition) is 1.